The van der Waals surface area contributed by atoms with Gasteiger partial charge in [-0.2, -0.15) is 0 Å². The Bertz CT molecular complexity index is 291. The second-order valence-electron chi connectivity index (χ2n) is 3.18. The molecule has 0 bridgehead atoms. The van der Waals surface area contributed by atoms with Crippen LogP contribution in [0.2, 0.25) is 0 Å². The Labute approximate surface area is 90.0 Å². The Kier molecular flexibility index (Phi) is 5.53. The molecule has 80 valence electrons. The lowest BCUT2D eigenvalue weighted by Crippen LogP contribution is -2.12. The van der Waals surface area contributed by atoms with Crippen LogP contribution in [0.15, 0.2) is 18.2 Å². The first-order chi connectivity index (χ1) is 6.15. The molecule has 0 radical (unpaired) electrons. The van der Waals surface area contributed by atoms with Crippen molar-refractivity contribution in [2.75, 3.05) is 6.61 Å². The Balaban J connectivity index is 0.00000169. The normalized spacial score (nSPS) is 11.9. The number of hydrogen-bond donors (Lipinski definition) is 3. The average Bonchev–Trinajstić information content (AvgIpc) is 2.04. The maximum atomic E-state index is 9.53. The van der Waals surface area contributed by atoms with Crippen molar-refractivity contribution >= 4 is 12.4 Å². The predicted octanol–water partition coefficient (Wildman–Crippen LogP) is 1.50. The molecule has 0 saturated carbocycles. The molecule has 0 aromatic heterocycles. The molecule has 0 aliphatic heterocycles. The first-order valence-electron chi connectivity index (χ1n) is 4.31. The molecule has 0 amide bonds. The van der Waals surface area contributed by atoms with E-state index >= 15 is 0 Å². The largest absolute Gasteiger partial charge is 0.508 e. The SMILES string of the molecule is Cc1ccc([C@@H](N)CCO)c(O)c1.Cl. The van der Waals surface area contributed by atoms with Gasteiger partial charge in [0.25, 0.3) is 0 Å². The Morgan fingerprint density at radius 1 is 1.43 bits per heavy atom. The molecule has 0 fully saturated rings. The number of halogens is 1. The van der Waals surface area contributed by atoms with Gasteiger partial charge >= 0.3 is 0 Å². The third-order valence-corrected chi connectivity index (χ3v) is 2.03. The van der Waals surface area contributed by atoms with E-state index in [1.54, 1.807) is 12.1 Å². The van der Waals surface area contributed by atoms with Gasteiger partial charge in [-0.3, -0.25) is 0 Å². The summed E-state index contributed by atoms with van der Waals surface area (Å²) in [7, 11) is 0. The van der Waals surface area contributed by atoms with Gasteiger partial charge in [0.05, 0.1) is 0 Å². The monoisotopic (exact) mass is 217 g/mol. The predicted molar refractivity (Wildman–Crippen MR) is 58.7 cm³/mol. The molecular weight excluding hydrogens is 202 g/mol. The van der Waals surface area contributed by atoms with Crippen molar-refractivity contribution in [1.29, 1.82) is 0 Å². The van der Waals surface area contributed by atoms with Crippen molar-refractivity contribution in [2.24, 2.45) is 5.73 Å². The van der Waals surface area contributed by atoms with Crippen LogP contribution in [0.5, 0.6) is 5.75 Å². The highest BCUT2D eigenvalue weighted by molar-refractivity contribution is 5.85. The van der Waals surface area contributed by atoms with E-state index in [4.69, 9.17) is 10.8 Å². The van der Waals surface area contributed by atoms with E-state index in [1.165, 1.54) is 0 Å². The van der Waals surface area contributed by atoms with Gasteiger partial charge in [-0.05, 0) is 25.0 Å². The lowest BCUT2D eigenvalue weighted by atomic mass is 10.0. The van der Waals surface area contributed by atoms with Crippen LogP contribution < -0.4 is 5.73 Å². The molecule has 1 aromatic carbocycles. The van der Waals surface area contributed by atoms with E-state index in [0.29, 0.717) is 12.0 Å². The molecule has 0 aliphatic carbocycles. The lowest BCUT2D eigenvalue weighted by molar-refractivity contribution is 0.275. The summed E-state index contributed by atoms with van der Waals surface area (Å²) < 4.78 is 0. The number of aromatic hydroxyl groups is 1. The molecule has 1 rings (SSSR count). The van der Waals surface area contributed by atoms with Gasteiger partial charge in [-0.1, -0.05) is 12.1 Å². The second kappa shape index (κ2) is 5.86. The number of rotatable bonds is 3. The minimum atomic E-state index is -0.286. The zero-order valence-corrected chi connectivity index (χ0v) is 8.92. The zero-order chi connectivity index (χ0) is 9.84. The highest BCUT2D eigenvalue weighted by atomic mass is 35.5. The van der Waals surface area contributed by atoms with E-state index < -0.39 is 0 Å². The van der Waals surface area contributed by atoms with Gasteiger partial charge in [-0.25, -0.2) is 0 Å². The molecule has 0 unspecified atom stereocenters. The maximum absolute atomic E-state index is 9.53. The summed E-state index contributed by atoms with van der Waals surface area (Å²) in [5.74, 6) is 0.209. The van der Waals surface area contributed by atoms with Crippen LogP contribution in [0.25, 0.3) is 0 Å². The number of nitrogens with two attached hydrogens (primary N) is 1. The Morgan fingerprint density at radius 3 is 2.57 bits per heavy atom. The lowest BCUT2D eigenvalue weighted by Gasteiger charge is -2.12. The third-order valence-electron chi connectivity index (χ3n) is 2.03. The summed E-state index contributed by atoms with van der Waals surface area (Å²) >= 11 is 0. The molecule has 1 atom stereocenters. The van der Waals surface area contributed by atoms with Crippen LogP contribution in [-0.4, -0.2) is 16.8 Å². The van der Waals surface area contributed by atoms with Gasteiger partial charge in [-0.15, -0.1) is 12.4 Å². The molecule has 0 heterocycles. The highest BCUT2D eigenvalue weighted by Gasteiger charge is 2.09. The molecule has 4 N–H and O–H groups in total. The summed E-state index contributed by atoms with van der Waals surface area (Å²) in [5, 5.41) is 18.2. The van der Waals surface area contributed by atoms with E-state index in [9.17, 15) is 5.11 Å². The molecule has 0 aliphatic rings. The van der Waals surface area contributed by atoms with Gasteiger partial charge in [0.2, 0.25) is 0 Å². The number of aliphatic hydroxyl groups excluding tert-OH is 1. The fourth-order valence-corrected chi connectivity index (χ4v) is 1.26. The smallest absolute Gasteiger partial charge is 0.120 e. The van der Waals surface area contributed by atoms with Crippen LogP contribution in [0.3, 0.4) is 0 Å². The standard InChI is InChI=1S/C10H15NO2.ClH/c1-7-2-3-8(10(13)6-7)9(11)4-5-12;/h2-3,6,9,12-13H,4-5,11H2,1H3;1H/t9-;/m0./s1. The third kappa shape index (κ3) is 3.18. The van der Waals surface area contributed by atoms with Crippen molar-refractivity contribution in [1.82, 2.24) is 0 Å². The average molecular weight is 218 g/mol. The summed E-state index contributed by atoms with van der Waals surface area (Å²) in [6.45, 7) is 1.94. The minimum absolute atomic E-state index is 0. The number of phenolic OH excluding ortho intramolecular Hbond substituents is 1. The van der Waals surface area contributed by atoms with Crippen molar-refractivity contribution in [2.45, 2.75) is 19.4 Å². The number of aliphatic hydroxyl groups is 1. The zero-order valence-electron chi connectivity index (χ0n) is 8.10. The molecule has 0 spiro atoms. The van der Waals surface area contributed by atoms with Crippen LogP contribution in [-0.2, 0) is 0 Å². The van der Waals surface area contributed by atoms with E-state index in [1.807, 2.05) is 13.0 Å². The molecule has 14 heavy (non-hydrogen) atoms. The Hall–Kier alpha value is -0.770. The Morgan fingerprint density at radius 2 is 2.07 bits per heavy atom. The highest BCUT2D eigenvalue weighted by Crippen LogP contribution is 2.25. The van der Waals surface area contributed by atoms with Gasteiger partial charge in [0.1, 0.15) is 5.75 Å². The van der Waals surface area contributed by atoms with E-state index in [0.717, 1.165) is 5.56 Å². The van der Waals surface area contributed by atoms with Crippen LogP contribution in [0, 0.1) is 6.92 Å². The molecule has 4 heteroatoms. The first-order valence-corrected chi connectivity index (χ1v) is 4.31. The number of hydrogen-bond acceptors (Lipinski definition) is 3. The summed E-state index contributed by atoms with van der Waals surface area (Å²) in [4.78, 5) is 0. The number of aryl methyl sites for hydroxylation is 1. The maximum Gasteiger partial charge on any atom is 0.120 e. The number of phenols is 1. The fraction of sp³-hybridized carbons (Fsp3) is 0.400. The first kappa shape index (κ1) is 13.2. The second-order valence-corrected chi connectivity index (χ2v) is 3.18. The van der Waals surface area contributed by atoms with Crippen LogP contribution >= 0.6 is 12.4 Å². The fourth-order valence-electron chi connectivity index (χ4n) is 1.26. The molecular formula is C10H16ClNO2. The van der Waals surface area contributed by atoms with Crippen LogP contribution in [0.4, 0.5) is 0 Å². The van der Waals surface area contributed by atoms with E-state index in [2.05, 4.69) is 0 Å². The summed E-state index contributed by atoms with van der Waals surface area (Å²) in [6, 6.07) is 5.08. The topological polar surface area (TPSA) is 66.5 Å². The van der Waals surface area contributed by atoms with Gasteiger partial charge < -0.3 is 15.9 Å². The van der Waals surface area contributed by atoms with Crippen molar-refractivity contribution < 1.29 is 10.2 Å². The van der Waals surface area contributed by atoms with Crippen molar-refractivity contribution in [3.8, 4) is 5.75 Å². The molecule has 3 nitrogen and oxygen atoms in total. The van der Waals surface area contributed by atoms with Gasteiger partial charge in [0, 0.05) is 18.2 Å². The quantitative estimate of drug-likeness (QED) is 0.719. The molecule has 0 saturated heterocycles. The summed E-state index contributed by atoms with van der Waals surface area (Å²) in [5.41, 5.74) is 7.43. The van der Waals surface area contributed by atoms with Crippen LogP contribution in [0.1, 0.15) is 23.6 Å². The minimum Gasteiger partial charge on any atom is -0.508 e. The summed E-state index contributed by atoms with van der Waals surface area (Å²) in [6.07, 6.45) is 0.469. The van der Waals surface area contributed by atoms with Crippen molar-refractivity contribution in [3.63, 3.8) is 0 Å². The molecule has 1 aromatic rings. The van der Waals surface area contributed by atoms with Crippen molar-refractivity contribution in [3.05, 3.63) is 29.3 Å². The number of benzene rings is 1. The van der Waals surface area contributed by atoms with Gasteiger partial charge in [0.15, 0.2) is 0 Å². The van der Waals surface area contributed by atoms with E-state index in [-0.39, 0.29) is 30.8 Å².